The molecule has 3 rings (SSSR count). The summed E-state index contributed by atoms with van der Waals surface area (Å²) >= 11 is 0. The Morgan fingerprint density at radius 1 is 1.23 bits per heavy atom. The predicted molar refractivity (Wildman–Crippen MR) is 86.1 cm³/mol. The molecule has 2 aromatic rings. The first-order chi connectivity index (χ1) is 10.8. The highest BCUT2D eigenvalue weighted by Crippen LogP contribution is 2.25. The summed E-state index contributed by atoms with van der Waals surface area (Å²) in [5.41, 5.74) is 1.98. The lowest BCUT2D eigenvalue weighted by molar-refractivity contribution is -0.148. The van der Waals surface area contributed by atoms with Gasteiger partial charge in [-0.3, -0.25) is 4.79 Å². The molecule has 1 N–H and O–H groups in total. The molecule has 1 aromatic heterocycles. The molecule has 1 aliphatic rings. The van der Waals surface area contributed by atoms with Gasteiger partial charge in [-0.05, 0) is 49.4 Å². The first-order valence-corrected chi connectivity index (χ1v) is 8.10. The van der Waals surface area contributed by atoms with Gasteiger partial charge in [0.15, 0.2) is 0 Å². The molecule has 0 aliphatic heterocycles. The molecular formula is C18H23NO3. The van der Waals surface area contributed by atoms with Crippen molar-refractivity contribution in [2.75, 3.05) is 7.11 Å². The smallest absolute Gasteiger partial charge is 0.310 e. The highest BCUT2D eigenvalue weighted by molar-refractivity contribution is 5.88. The van der Waals surface area contributed by atoms with E-state index in [9.17, 15) is 4.79 Å². The highest BCUT2D eigenvalue weighted by atomic mass is 16.5. The first kappa shape index (κ1) is 14.9. The summed E-state index contributed by atoms with van der Waals surface area (Å²) < 4.78 is 10.9. The van der Waals surface area contributed by atoms with E-state index < -0.39 is 0 Å². The van der Waals surface area contributed by atoms with Crippen molar-refractivity contribution in [3.8, 4) is 5.75 Å². The summed E-state index contributed by atoms with van der Waals surface area (Å²) in [5, 5.41) is 1.03. The molecule has 0 atom stereocenters. The second-order valence-corrected chi connectivity index (χ2v) is 6.01. The minimum atomic E-state index is -0.129. The van der Waals surface area contributed by atoms with Crippen LogP contribution in [0.25, 0.3) is 10.9 Å². The fourth-order valence-electron chi connectivity index (χ4n) is 3.17. The number of ether oxygens (including phenoxy) is 2. The summed E-state index contributed by atoms with van der Waals surface area (Å²) in [6, 6.07) is 5.83. The lowest BCUT2D eigenvalue weighted by atomic mass is 10.1. The van der Waals surface area contributed by atoms with E-state index in [1.54, 1.807) is 7.11 Å². The summed E-state index contributed by atoms with van der Waals surface area (Å²) in [4.78, 5) is 15.4. The third kappa shape index (κ3) is 3.43. The maximum atomic E-state index is 12.2. The average molecular weight is 301 g/mol. The van der Waals surface area contributed by atoms with Gasteiger partial charge < -0.3 is 14.5 Å². The molecule has 1 aromatic carbocycles. The summed E-state index contributed by atoms with van der Waals surface area (Å²) in [6.45, 7) is 0. The van der Waals surface area contributed by atoms with Gasteiger partial charge in [-0.25, -0.2) is 0 Å². The Morgan fingerprint density at radius 2 is 2.00 bits per heavy atom. The Kier molecular flexibility index (Phi) is 4.66. The van der Waals surface area contributed by atoms with Crippen molar-refractivity contribution in [1.29, 1.82) is 0 Å². The van der Waals surface area contributed by atoms with E-state index in [4.69, 9.17) is 9.47 Å². The number of nitrogens with one attached hydrogen (secondary N) is 1. The van der Waals surface area contributed by atoms with Crippen molar-refractivity contribution in [2.45, 2.75) is 51.0 Å². The highest BCUT2D eigenvalue weighted by Gasteiger charge is 2.18. The van der Waals surface area contributed by atoms with Crippen LogP contribution >= 0.6 is 0 Å². The fraction of sp³-hybridized carbons (Fsp3) is 0.500. The Balaban J connectivity index is 1.68. The van der Waals surface area contributed by atoms with Crippen molar-refractivity contribution < 1.29 is 14.3 Å². The third-order valence-corrected chi connectivity index (χ3v) is 4.41. The van der Waals surface area contributed by atoms with Crippen LogP contribution in [0.1, 0.15) is 44.1 Å². The zero-order chi connectivity index (χ0) is 15.4. The van der Waals surface area contributed by atoms with Gasteiger partial charge in [-0.15, -0.1) is 0 Å². The van der Waals surface area contributed by atoms with E-state index in [0.29, 0.717) is 6.42 Å². The Bertz CT molecular complexity index is 639. The van der Waals surface area contributed by atoms with E-state index in [2.05, 4.69) is 4.98 Å². The van der Waals surface area contributed by atoms with Crippen LogP contribution in [0.3, 0.4) is 0 Å². The molecule has 4 nitrogen and oxygen atoms in total. The number of benzene rings is 1. The van der Waals surface area contributed by atoms with Crippen LogP contribution in [0.5, 0.6) is 5.75 Å². The Labute approximate surface area is 130 Å². The van der Waals surface area contributed by atoms with E-state index in [0.717, 1.165) is 35.1 Å². The van der Waals surface area contributed by atoms with Crippen molar-refractivity contribution in [2.24, 2.45) is 0 Å². The summed E-state index contributed by atoms with van der Waals surface area (Å²) in [5.74, 6) is 0.668. The second kappa shape index (κ2) is 6.86. The van der Waals surface area contributed by atoms with E-state index in [1.807, 2.05) is 24.4 Å². The minimum absolute atomic E-state index is 0.106. The molecule has 1 aliphatic carbocycles. The topological polar surface area (TPSA) is 51.3 Å². The van der Waals surface area contributed by atoms with Crippen LogP contribution < -0.4 is 4.74 Å². The van der Waals surface area contributed by atoms with Gasteiger partial charge in [0.1, 0.15) is 11.9 Å². The lowest BCUT2D eigenvalue weighted by Crippen LogP contribution is -2.18. The zero-order valence-electron chi connectivity index (χ0n) is 13.1. The van der Waals surface area contributed by atoms with Gasteiger partial charge in [-0.1, -0.05) is 12.8 Å². The van der Waals surface area contributed by atoms with Crippen molar-refractivity contribution in [3.63, 3.8) is 0 Å². The molecule has 0 bridgehead atoms. The molecule has 0 radical (unpaired) electrons. The van der Waals surface area contributed by atoms with E-state index >= 15 is 0 Å². The Morgan fingerprint density at radius 3 is 2.73 bits per heavy atom. The predicted octanol–water partition coefficient (Wildman–Crippen LogP) is 3.99. The molecule has 0 amide bonds. The van der Waals surface area contributed by atoms with E-state index in [-0.39, 0.29) is 12.1 Å². The molecule has 22 heavy (non-hydrogen) atoms. The minimum Gasteiger partial charge on any atom is -0.497 e. The first-order valence-electron chi connectivity index (χ1n) is 8.10. The largest absolute Gasteiger partial charge is 0.497 e. The second-order valence-electron chi connectivity index (χ2n) is 6.01. The number of fused-ring (bicyclic) bond motifs is 1. The number of hydrogen-bond acceptors (Lipinski definition) is 3. The number of carbonyl (C=O) groups is 1. The van der Waals surface area contributed by atoms with Gasteiger partial charge in [0, 0.05) is 17.1 Å². The number of methoxy groups -OCH3 is 1. The standard InChI is InChI=1S/C18H23NO3/c1-21-15-8-9-17-16(11-15)13(12-19-17)10-18(20)22-14-6-4-2-3-5-7-14/h8-9,11-12,14,19H,2-7,10H2,1H3. The van der Waals surface area contributed by atoms with Crippen LogP contribution in [0, 0.1) is 0 Å². The van der Waals surface area contributed by atoms with Crippen LogP contribution in [0.2, 0.25) is 0 Å². The summed E-state index contributed by atoms with van der Waals surface area (Å²) in [7, 11) is 1.65. The number of hydrogen-bond donors (Lipinski definition) is 1. The summed E-state index contributed by atoms with van der Waals surface area (Å²) in [6.07, 6.45) is 9.18. The van der Waals surface area contributed by atoms with Crippen molar-refractivity contribution in [1.82, 2.24) is 4.98 Å². The van der Waals surface area contributed by atoms with Crippen LogP contribution in [-0.2, 0) is 16.0 Å². The number of aromatic nitrogens is 1. The van der Waals surface area contributed by atoms with Crippen molar-refractivity contribution in [3.05, 3.63) is 30.0 Å². The number of aromatic amines is 1. The molecule has 0 unspecified atom stereocenters. The quantitative estimate of drug-likeness (QED) is 0.686. The van der Waals surface area contributed by atoms with Crippen LogP contribution in [0.15, 0.2) is 24.4 Å². The number of esters is 1. The molecule has 118 valence electrons. The number of carbonyl (C=O) groups excluding carboxylic acids is 1. The number of H-pyrrole nitrogens is 1. The molecule has 0 saturated heterocycles. The van der Waals surface area contributed by atoms with Crippen LogP contribution in [0.4, 0.5) is 0 Å². The lowest BCUT2D eigenvalue weighted by Gasteiger charge is -2.15. The molecule has 1 heterocycles. The van der Waals surface area contributed by atoms with Gasteiger partial charge >= 0.3 is 5.97 Å². The van der Waals surface area contributed by atoms with Gasteiger partial charge in [0.2, 0.25) is 0 Å². The molecule has 1 saturated carbocycles. The van der Waals surface area contributed by atoms with Gasteiger partial charge in [0.25, 0.3) is 0 Å². The molecule has 0 spiro atoms. The zero-order valence-corrected chi connectivity index (χ0v) is 13.1. The Hall–Kier alpha value is -1.97. The molecule has 4 heteroatoms. The number of rotatable bonds is 4. The maximum Gasteiger partial charge on any atom is 0.310 e. The fourth-order valence-corrected chi connectivity index (χ4v) is 3.17. The molecular weight excluding hydrogens is 278 g/mol. The molecule has 1 fully saturated rings. The van der Waals surface area contributed by atoms with Crippen molar-refractivity contribution >= 4 is 16.9 Å². The normalized spacial score (nSPS) is 16.4. The van der Waals surface area contributed by atoms with Gasteiger partial charge in [-0.2, -0.15) is 0 Å². The third-order valence-electron chi connectivity index (χ3n) is 4.41. The van der Waals surface area contributed by atoms with Gasteiger partial charge in [0.05, 0.1) is 13.5 Å². The maximum absolute atomic E-state index is 12.2. The SMILES string of the molecule is COc1ccc2[nH]cc(CC(=O)OC3CCCCCC3)c2c1. The monoisotopic (exact) mass is 301 g/mol. The van der Waals surface area contributed by atoms with E-state index in [1.165, 1.54) is 25.7 Å². The average Bonchev–Trinajstić information content (AvgIpc) is 2.74. The van der Waals surface area contributed by atoms with Crippen LogP contribution in [-0.4, -0.2) is 24.2 Å².